The highest BCUT2D eigenvalue weighted by Gasteiger charge is 2.17. The number of ether oxygens (including phenoxy) is 2. The van der Waals surface area contributed by atoms with E-state index < -0.39 is 0 Å². The molecule has 0 spiro atoms. The average molecular weight is 390 g/mol. The van der Waals surface area contributed by atoms with E-state index in [0.717, 1.165) is 42.9 Å². The lowest BCUT2D eigenvalue weighted by Gasteiger charge is -2.21. The summed E-state index contributed by atoms with van der Waals surface area (Å²) in [7, 11) is 3.25. The molecule has 0 bridgehead atoms. The Kier molecular flexibility index (Phi) is 8.88. The minimum atomic E-state index is 0.130. The van der Waals surface area contributed by atoms with E-state index in [1.54, 1.807) is 14.2 Å². The second-order valence-corrected chi connectivity index (χ2v) is 6.90. The summed E-state index contributed by atoms with van der Waals surface area (Å²) >= 11 is 0. The fraction of sp³-hybridized carbons (Fsp3) is 0.500. The molecule has 28 heavy (non-hydrogen) atoms. The Hall–Kier alpha value is -2.47. The molecule has 1 aromatic carbocycles. The van der Waals surface area contributed by atoms with Gasteiger partial charge in [-0.3, -0.25) is 4.79 Å². The number of nitrogens with two attached hydrogens (primary N) is 1. The second kappa shape index (κ2) is 11.4. The maximum absolute atomic E-state index is 12.8. The summed E-state index contributed by atoms with van der Waals surface area (Å²) in [5, 5.41) is 2.09. The van der Waals surface area contributed by atoms with Gasteiger partial charge in [0, 0.05) is 6.54 Å². The van der Waals surface area contributed by atoms with Crippen molar-refractivity contribution >= 4 is 5.91 Å². The zero-order valence-corrected chi connectivity index (χ0v) is 17.5. The van der Waals surface area contributed by atoms with Crippen LogP contribution in [0.25, 0.3) is 0 Å². The highest BCUT2D eigenvalue weighted by molar-refractivity contribution is 5.77. The summed E-state index contributed by atoms with van der Waals surface area (Å²) < 4.78 is 16.4. The van der Waals surface area contributed by atoms with Crippen LogP contribution in [0.15, 0.2) is 34.7 Å². The third kappa shape index (κ3) is 6.60. The van der Waals surface area contributed by atoms with Crippen molar-refractivity contribution < 1.29 is 24.0 Å². The Labute approximate surface area is 167 Å². The van der Waals surface area contributed by atoms with Gasteiger partial charge in [0.1, 0.15) is 11.5 Å². The molecule has 0 aliphatic heterocycles. The summed E-state index contributed by atoms with van der Waals surface area (Å²) in [5.41, 5.74) is 1.10. The summed E-state index contributed by atoms with van der Waals surface area (Å²) in [6, 6.07) is 9.74. The first-order valence-electron chi connectivity index (χ1n) is 9.93. The number of quaternary nitrogens is 1. The molecule has 0 aliphatic rings. The van der Waals surface area contributed by atoms with Crippen LogP contribution in [0.3, 0.4) is 0 Å². The molecule has 0 unspecified atom stereocenters. The summed E-state index contributed by atoms with van der Waals surface area (Å²) in [4.78, 5) is 14.6. The number of aryl methyl sites for hydroxylation is 1. The lowest BCUT2D eigenvalue weighted by atomic mass is 10.1. The van der Waals surface area contributed by atoms with Gasteiger partial charge < -0.3 is 24.1 Å². The van der Waals surface area contributed by atoms with Crippen LogP contribution in [0, 0.1) is 6.92 Å². The number of hydrogen-bond acceptors (Lipinski definition) is 4. The molecule has 6 nitrogen and oxygen atoms in total. The topological polar surface area (TPSA) is 68.5 Å². The number of amides is 1. The van der Waals surface area contributed by atoms with Crippen molar-refractivity contribution in [3.05, 3.63) is 47.4 Å². The molecule has 154 valence electrons. The molecule has 0 fully saturated rings. The molecule has 0 radical (unpaired) electrons. The van der Waals surface area contributed by atoms with E-state index in [4.69, 9.17) is 13.9 Å². The average Bonchev–Trinajstić information content (AvgIpc) is 3.12. The Bertz CT molecular complexity index is 742. The van der Waals surface area contributed by atoms with Gasteiger partial charge in [-0.25, -0.2) is 0 Å². The monoisotopic (exact) mass is 389 g/mol. The quantitative estimate of drug-likeness (QED) is 0.567. The molecular formula is C22H33N2O4+. The fourth-order valence-corrected chi connectivity index (χ4v) is 3.05. The second-order valence-electron chi connectivity index (χ2n) is 6.90. The molecular weight excluding hydrogens is 356 g/mol. The number of furan rings is 1. The van der Waals surface area contributed by atoms with Crippen molar-refractivity contribution in [1.82, 2.24) is 4.90 Å². The van der Waals surface area contributed by atoms with Crippen LogP contribution in [0.1, 0.15) is 36.8 Å². The number of unbranched alkanes of at least 4 members (excludes halogenated alkanes) is 1. The van der Waals surface area contributed by atoms with Gasteiger partial charge >= 0.3 is 0 Å². The Morgan fingerprint density at radius 3 is 2.57 bits per heavy atom. The Balaban J connectivity index is 2.02. The lowest BCUT2D eigenvalue weighted by Crippen LogP contribution is -2.86. The molecule has 1 aromatic heterocycles. The molecule has 0 aliphatic carbocycles. The standard InChI is InChI=1S/C22H32N2O4/c1-5-6-12-23-15-22(25)24(16-19-9-7-17(2)28-19)13-11-18-8-10-20(26-3)21(14-18)27-4/h7-10,14,23H,5-6,11-13,15-16H2,1-4H3/p+1. The zero-order chi connectivity index (χ0) is 20.4. The molecule has 2 aromatic rings. The van der Waals surface area contributed by atoms with Crippen LogP contribution in [-0.4, -0.2) is 44.7 Å². The molecule has 2 rings (SSSR count). The number of hydrogen-bond donors (Lipinski definition) is 1. The highest BCUT2D eigenvalue weighted by atomic mass is 16.5. The van der Waals surface area contributed by atoms with E-state index in [1.165, 1.54) is 0 Å². The van der Waals surface area contributed by atoms with Crippen molar-refractivity contribution in [2.75, 3.05) is 33.9 Å². The van der Waals surface area contributed by atoms with Gasteiger partial charge in [-0.05, 0) is 49.6 Å². The predicted octanol–water partition coefficient (Wildman–Crippen LogP) is 2.54. The number of benzene rings is 1. The number of carbonyl (C=O) groups excluding carboxylic acids is 1. The number of rotatable bonds is 12. The van der Waals surface area contributed by atoms with Gasteiger partial charge in [-0.2, -0.15) is 0 Å². The largest absolute Gasteiger partial charge is 0.493 e. The number of carbonyl (C=O) groups is 1. The molecule has 2 N–H and O–H groups in total. The molecule has 1 amide bonds. The molecule has 1 heterocycles. The van der Waals surface area contributed by atoms with Gasteiger partial charge in [0.25, 0.3) is 5.91 Å². The Morgan fingerprint density at radius 2 is 1.93 bits per heavy atom. The van der Waals surface area contributed by atoms with Crippen LogP contribution in [0.2, 0.25) is 0 Å². The van der Waals surface area contributed by atoms with E-state index in [0.29, 0.717) is 31.1 Å². The maximum atomic E-state index is 12.8. The summed E-state index contributed by atoms with van der Waals surface area (Å²) in [6.07, 6.45) is 3.00. The van der Waals surface area contributed by atoms with Crippen LogP contribution >= 0.6 is 0 Å². The highest BCUT2D eigenvalue weighted by Crippen LogP contribution is 2.27. The normalized spacial score (nSPS) is 10.7. The first-order valence-corrected chi connectivity index (χ1v) is 9.93. The van der Waals surface area contributed by atoms with Crippen molar-refractivity contribution in [2.45, 2.75) is 39.7 Å². The van der Waals surface area contributed by atoms with Crippen molar-refractivity contribution in [1.29, 1.82) is 0 Å². The fourth-order valence-electron chi connectivity index (χ4n) is 3.05. The molecule has 0 saturated heterocycles. The van der Waals surface area contributed by atoms with E-state index in [-0.39, 0.29) is 5.91 Å². The van der Waals surface area contributed by atoms with Crippen molar-refractivity contribution in [3.63, 3.8) is 0 Å². The number of nitrogens with zero attached hydrogens (tertiary/aromatic N) is 1. The van der Waals surface area contributed by atoms with Crippen LogP contribution in [-0.2, 0) is 17.8 Å². The van der Waals surface area contributed by atoms with E-state index in [9.17, 15) is 4.79 Å². The summed E-state index contributed by atoms with van der Waals surface area (Å²) in [6.45, 7) is 6.62. The van der Waals surface area contributed by atoms with Crippen LogP contribution < -0.4 is 14.8 Å². The Morgan fingerprint density at radius 1 is 1.14 bits per heavy atom. The minimum absolute atomic E-state index is 0.130. The van der Waals surface area contributed by atoms with Gasteiger partial charge in [-0.1, -0.05) is 19.4 Å². The van der Waals surface area contributed by atoms with E-state index >= 15 is 0 Å². The first-order chi connectivity index (χ1) is 13.6. The van der Waals surface area contributed by atoms with Gasteiger partial charge in [-0.15, -0.1) is 0 Å². The van der Waals surface area contributed by atoms with Crippen LogP contribution in [0.4, 0.5) is 0 Å². The van der Waals surface area contributed by atoms with Crippen molar-refractivity contribution in [3.8, 4) is 11.5 Å². The SMILES string of the molecule is CCCC[NH2+]CC(=O)N(CCc1ccc(OC)c(OC)c1)Cc1ccc(C)o1. The summed E-state index contributed by atoms with van der Waals surface area (Å²) in [5.74, 6) is 3.21. The van der Waals surface area contributed by atoms with Crippen molar-refractivity contribution in [2.24, 2.45) is 0 Å². The van der Waals surface area contributed by atoms with Crippen LogP contribution in [0.5, 0.6) is 11.5 Å². The zero-order valence-electron chi connectivity index (χ0n) is 17.5. The molecule has 0 atom stereocenters. The van der Waals surface area contributed by atoms with Gasteiger partial charge in [0.2, 0.25) is 0 Å². The maximum Gasteiger partial charge on any atom is 0.278 e. The molecule has 0 saturated carbocycles. The molecule has 6 heteroatoms. The third-order valence-electron chi connectivity index (χ3n) is 4.69. The number of methoxy groups -OCH3 is 2. The smallest absolute Gasteiger partial charge is 0.278 e. The van der Waals surface area contributed by atoms with Gasteiger partial charge in [0.15, 0.2) is 18.0 Å². The predicted molar refractivity (Wildman–Crippen MR) is 109 cm³/mol. The van der Waals surface area contributed by atoms with E-state index in [2.05, 4.69) is 12.2 Å². The van der Waals surface area contributed by atoms with Gasteiger partial charge in [0.05, 0.1) is 27.3 Å². The lowest BCUT2D eigenvalue weighted by molar-refractivity contribution is -0.644. The minimum Gasteiger partial charge on any atom is -0.493 e. The third-order valence-corrected chi connectivity index (χ3v) is 4.69. The van der Waals surface area contributed by atoms with E-state index in [1.807, 2.05) is 42.2 Å². The first kappa shape index (κ1) is 21.8.